The Bertz CT molecular complexity index is 617. The highest BCUT2D eigenvalue weighted by Crippen LogP contribution is 2.13. The highest BCUT2D eigenvalue weighted by atomic mass is 16.5. The van der Waals surface area contributed by atoms with E-state index in [4.69, 9.17) is 10.00 Å². The van der Waals surface area contributed by atoms with Gasteiger partial charge in [-0.05, 0) is 31.5 Å². The van der Waals surface area contributed by atoms with Crippen molar-refractivity contribution in [3.05, 3.63) is 47.4 Å². The minimum Gasteiger partial charge on any atom is -0.494 e. The molecule has 0 radical (unpaired) electrons. The van der Waals surface area contributed by atoms with Gasteiger partial charge in [-0.15, -0.1) is 0 Å². The fourth-order valence-corrected chi connectivity index (χ4v) is 1.78. The highest BCUT2D eigenvalue weighted by Gasteiger charge is 2.01. The minimum absolute atomic E-state index is 0.367. The lowest BCUT2D eigenvalue weighted by Crippen LogP contribution is -2.04. The summed E-state index contributed by atoms with van der Waals surface area (Å²) in [6.07, 6.45) is 0. The lowest BCUT2D eigenvalue weighted by molar-refractivity contribution is 0.340. The van der Waals surface area contributed by atoms with Gasteiger partial charge in [0.25, 0.3) is 0 Å². The Labute approximate surface area is 118 Å². The van der Waals surface area contributed by atoms with Gasteiger partial charge in [0.05, 0.1) is 6.61 Å². The first kappa shape index (κ1) is 13.8. The second-order valence-corrected chi connectivity index (χ2v) is 4.23. The topological polar surface area (TPSA) is 70.8 Å². The molecule has 1 heterocycles. The summed E-state index contributed by atoms with van der Waals surface area (Å²) < 4.78 is 5.39. The number of nitrogens with zero attached hydrogens (tertiary/aromatic N) is 3. The molecule has 0 aliphatic heterocycles. The summed E-state index contributed by atoms with van der Waals surface area (Å²) in [4.78, 5) is 8.26. The molecular weight excluding hydrogens is 252 g/mol. The maximum Gasteiger partial charge on any atom is 0.146 e. The van der Waals surface area contributed by atoms with E-state index in [9.17, 15) is 0 Å². The summed E-state index contributed by atoms with van der Waals surface area (Å²) in [6, 6.07) is 11.5. The zero-order chi connectivity index (χ0) is 14.4. The van der Waals surface area contributed by atoms with Crippen molar-refractivity contribution in [1.29, 1.82) is 5.26 Å². The standard InChI is InChI=1S/C15H16N4O/c1-3-20-14-6-4-12(5-7-14)10-17-15-8-13(9-16)18-11(2)19-15/h4-8H,3,10H2,1-2H3,(H,17,18,19). The lowest BCUT2D eigenvalue weighted by atomic mass is 10.2. The first-order valence-electron chi connectivity index (χ1n) is 6.42. The van der Waals surface area contributed by atoms with Crippen LogP contribution in [0.25, 0.3) is 0 Å². The van der Waals surface area contributed by atoms with Crippen LogP contribution in [0.3, 0.4) is 0 Å². The first-order valence-corrected chi connectivity index (χ1v) is 6.42. The van der Waals surface area contributed by atoms with Crippen LogP contribution < -0.4 is 10.1 Å². The second kappa shape index (κ2) is 6.53. The van der Waals surface area contributed by atoms with Crippen molar-refractivity contribution < 1.29 is 4.74 Å². The Balaban J connectivity index is 2.01. The number of aryl methyl sites for hydroxylation is 1. The number of aromatic nitrogens is 2. The van der Waals surface area contributed by atoms with Crippen molar-refractivity contribution in [1.82, 2.24) is 9.97 Å². The number of nitriles is 1. The van der Waals surface area contributed by atoms with E-state index in [2.05, 4.69) is 15.3 Å². The summed E-state index contributed by atoms with van der Waals surface area (Å²) in [6.45, 7) is 5.02. The second-order valence-electron chi connectivity index (χ2n) is 4.23. The van der Waals surface area contributed by atoms with Crippen molar-refractivity contribution in [2.45, 2.75) is 20.4 Å². The van der Waals surface area contributed by atoms with Gasteiger partial charge >= 0.3 is 0 Å². The Hall–Kier alpha value is -2.61. The Morgan fingerprint density at radius 1 is 1.25 bits per heavy atom. The van der Waals surface area contributed by atoms with E-state index in [1.54, 1.807) is 13.0 Å². The van der Waals surface area contributed by atoms with Crippen molar-refractivity contribution in [3.63, 3.8) is 0 Å². The number of ether oxygens (including phenoxy) is 1. The highest BCUT2D eigenvalue weighted by molar-refractivity contribution is 5.41. The largest absolute Gasteiger partial charge is 0.494 e. The molecule has 20 heavy (non-hydrogen) atoms. The summed E-state index contributed by atoms with van der Waals surface area (Å²) in [5.74, 6) is 2.10. The van der Waals surface area contributed by atoms with E-state index < -0.39 is 0 Å². The van der Waals surface area contributed by atoms with Crippen LogP contribution in [0.1, 0.15) is 24.0 Å². The quantitative estimate of drug-likeness (QED) is 0.902. The van der Waals surface area contributed by atoms with Gasteiger partial charge in [-0.3, -0.25) is 0 Å². The average molecular weight is 268 g/mol. The van der Waals surface area contributed by atoms with Gasteiger partial charge in [-0.25, -0.2) is 9.97 Å². The average Bonchev–Trinajstić information content (AvgIpc) is 2.46. The molecule has 0 aliphatic carbocycles. The number of hydrogen-bond acceptors (Lipinski definition) is 5. The molecule has 0 atom stereocenters. The van der Waals surface area contributed by atoms with Crippen molar-refractivity contribution >= 4 is 5.82 Å². The molecule has 0 spiro atoms. The zero-order valence-corrected chi connectivity index (χ0v) is 11.6. The van der Waals surface area contributed by atoms with Crippen LogP contribution in [0, 0.1) is 18.3 Å². The summed E-state index contributed by atoms with van der Waals surface area (Å²) in [5.41, 5.74) is 1.48. The SMILES string of the molecule is CCOc1ccc(CNc2cc(C#N)nc(C)n2)cc1. The molecule has 1 aromatic carbocycles. The number of anilines is 1. The summed E-state index contributed by atoms with van der Waals surface area (Å²) in [5, 5.41) is 12.1. The normalized spacial score (nSPS) is 9.85. The van der Waals surface area contributed by atoms with E-state index in [0.29, 0.717) is 30.5 Å². The van der Waals surface area contributed by atoms with Crippen LogP contribution in [-0.2, 0) is 6.54 Å². The van der Waals surface area contributed by atoms with Gasteiger partial charge in [0, 0.05) is 12.6 Å². The smallest absolute Gasteiger partial charge is 0.146 e. The zero-order valence-electron chi connectivity index (χ0n) is 11.6. The Morgan fingerprint density at radius 3 is 2.65 bits per heavy atom. The Kier molecular flexibility index (Phi) is 4.51. The molecule has 0 aliphatic rings. The third kappa shape index (κ3) is 3.69. The lowest BCUT2D eigenvalue weighted by Gasteiger charge is -2.08. The minimum atomic E-state index is 0.367. The number of rotatable bonds is 5. The van der Waals surface area contributed by atoms with Gasteiger partial charge in [0.15, 0.2) is 0 Å². The van der Waals surface area contributed by atoms with Crippen molar-refractivity contribution in [3.8, 4) is 11.8 Å². The van der Waals surface area contributed by atoms with Crippen LogP contribution in [0.2, 0.25) is 0 Å². The molecule has 5 nitrogen and oxygen atoms in total. The fraction of sp³-hybridized carbons (Fsp3) is 0.267. The summed E-state index contributed by atoms with van der Waals surface area (Å²) in [7, 11) is 0. The van der Waals surface area contributed by atoms with Crippen molar-refractivity contribution in [2.24, 2.45) is 0 Å². The van der Waals surface area contributed by atoms with E-state index in [-0.39, 0.29) is 0 Å². The van der Waals surface area contributed by atoms with Crippen LogP contribution in [0.4, 0.5) is 5.82 Å². The molecule has 0 bridgehead atoms. The predicted octanol–water partition coefficient (Wildman–Crippen LogP) is 2.67. The molecule has 0 saturated carbocycles. The van der Waals surface area contributed by atoms with Gasteiger partial charge < -0.3 is 10.1 Å². The molecule has 102 valence electrons. The van der Waals surface area contributed by atoms with Crippen LogP contribution >= 0.6 is 0 Å². The van der Waals surface area contributed by atoms with Crippen LogP contribution in [0.5, 0.6) is 5.75 Å². The van der Waals surface area contributed by atoms with Crippen LogP contribution in [0.15, 0.2) is 30.3 Å². The number of nitrogens with one attached hydrogen (secondary N) is 1. The molecule has 1 N–H and O–H groups in total. The number of benzene rings is 1. The molecule has 0 amide bonds. The molecule has 0 fully saturated rings. The monoisotopic (exact) mass is 268 g/mol. The van der Waals surface area contributed by atoms with Crippen molar-refractivity contribution in [2.75, 3.05) is 11.9 Å². The Morgan fingerprint density at radius 2 is 2.00 bits per heavy atom. The van der Waals surface area contributed by atoms with E-state index in [1.165, 1.54) is 0 Å². The summed E-state index contributed by atoms with van der Waals surface area (Å²) >= 11 is 0. The van der Waals surface area contributed by atoms with Gasteiger partial charge in [0.2, 0.25) is 0 Å². The van der Waals surface area contributed by atoms with Gasteiger partial charge in [-0.1, -0.05) is 12.1 Å². The van der Waals surface area contributed by atoms with E-state index in [0.717, 1.165) is 11.3 Å². The molecular formula is C15H16N4O. The molecule has 2 aromatic rings. The molecule has 2 rings (SSSR count). The van der Waals surface area contributed by atoms with Crippen LogP contribution in [-0.4, -0.2) is 16.6 Å². The third-order valence-electron chi connectivity index (χ3n) is 2.66. The van der Waals surface area contributed by atoms with Gasteiger partial charge in [0.1, 0.15) is 29.2 Å². The predicted molar refractivity (Wildman–Crippen MR) is 76.4 cm³/mol. The van der Waals surface area contributed by atoms with E-state index >= 15 is 0 Å². The number of hydrogen-bond donors (Lipinski definition) is 1. The maximum absolute atomic E-state index is 8.87. The molecule has 1 aromatic heterocycles. The maximum atomic E-state index is 8.87. The first-order chi connectivity index (χ1) is 9.71. The van der Waals surface area contributed by atoms with E-state index in [1.807, 2.05) is 37.3 Å². The fourth-order valence-electron chi connectivity index (χ4n) is 1.78. The molecule has 0 saturated heterocycles. The van der Waals surface area contributed by atoms with Gasteiger partial charge in [-0.2, -0.15) is 5.26 Å². The molecule has 0 unspecified atom stereocenters. The molecule has 5 heteroatoms. The third-order valence-corrected chi connectivity index (χ3v) is 2.66.